The highest BCUT2D eigenvalue weighted by Gasteiger charge is 2.47. The molecule has 1 saturated heterocycles. The number of nitrogens with zero attached hydrogens (tertiary/aromatic N) is 1. The number of aromatic nitrogens is 2. The van der Waals surface area contributed by atoms with Crippen molar-refractivity contribution in [3.05, 3.63) is 44.3 Å². The van der Waals surface area contributed by atoms with E-state index in [0.717, 1.165) is 17.0 Å². The summed E-state index contributed by atoms with van der Waals surface area (Å²) < 4.78 is 11.3. The predicted octanol–water partition coefficient (Wildman–Crippen LogP) is -0.357. The van der Waals surface area contributed by atoms with E-state index in [1.165, 1.54) is 0 Å². The zero-order valence-corrected chi connectivity index (χ0v) is 12.8. The van der Waals surface area contributed by atoms with Gasteiger partial charge in [-0.15, -0.1) is 0 Å². The maximum Gasteiger partial charge on any atom is 0.330 e. The minimum Gasteiger partial charge on any atom is -0.480 e. The van der Waals surface area contributed by atoms with Gasteiger partial charge in [-0.1, -0.05) is 18.2 Å². The third kappa shape index (κ3) is 3.06. The molecule has 116 valence electrons. The summed E-state index contributed by atoms with van der Waals surface area (Å²) in [6, 6.07) is 0. The quantitative estimate of drug-likeness (QED) is 0.483. The van der Waals surface area contributed by atoms with Crippen LogP contribution in [-0.4, -0.2) is 43.6 Å². The highest BCUT2D eigenvalue weighted by Crippen LogP contribution is 2.32. The largest absolute Gasteiger partial charge is 0.480 e. The molecule has 21 heavy (non-hydrogen) atoms. The summed E-state index contributed by atoms with van der Waals surface area (Å²) in [4.78, 5) is 25.1. The number of aromatic amines is 1. The summed E-state index contributed by atoms with van der Waals surface area (Å²) in [7, 11) is 0. The van der Waals surface area contributed by atoms with E-state index in [1.807, 2.05) is 4.98 Å². The van der Waals surface area contributed by atoms with E-state index >= 15 is 0 Å². The number of aliphatic hydroxyl groups excluding tert-OH is 2. The number of aliphatic hydroxyl groups is 2. The molecule has 3 N–H and O–H groups in total. The fourth-order valence-electron chi connectivity index (χ4n) is 1.95. The molecule has 1 aromatic rings. The first kappa shape index (κ1) is 16.2. The molecule has 10 heteroatoms. The molecule has 0 radical (unpaired) electrons. The fraction of sp³-hybridized carbons (Fsp3) is 0.455. The second-order valence-electron chi connectivity index (χ2n) is 4.27. The second-order valence-corrected chi connectivity index (χ2v) is 5.55. The van der Waals surface area contributed by atoms with Gasteiger partial charge in [0.2, 0.25) is 0 Å². The molecule has 1 aromatic heterocycles. The highest BCUT2D eigenvalue weighted by molar-refractivity contribution is 9.10. The molecule has 0 aromatic carbocycles. The first-order valence-corrected chi connectivity index (χ1v) is 7.02. The van der Waals surface area contributed by atoms with Crippen LogP contribution in [0.1, 0.15) is 6.23 Å². The van der Waals surface area contributed by atoms with Crippen molar-refractivity contribution in [3.8, 4) is 0 Å². The van der Waals surface area contributed by atoms with Gasteiger partial charge in [-0.25, -0.2) is 4.79 Å². The number of nitrogens with one attached hydrogen (secondary N) is 1. The zero-order chi connectivity index (χ0) is 15.7. The van der Waals surface area contributed by atoms with Crippen LogP contribution < -0.4 is 11.2 Å². The Labute approximate surface area is 131 Å². The number of hydrogen-bond acceptors (Lipinski definition) is 6. The zero-order valence-electron chi connectivity index (χ0n) is 10.5. The van der Waals surface area contributed by atoms with Gasteiger partial charge in [-0.2, -0.15) is 0 Å². The third-order valence-electron chi connectivity index (χ3n) is 2.96. The van der Waals surface area contributed by atoms with Crippen LogP contribution in [0.3, 0.4) is 0 Å². The van der Waals surface area contributed by atoms with Crippen LogP contribution >= 0.6 is 27.5 Å². The molecule has 1 unspecified atom stereocenters. The smallest absolute Gasteiger partial charge is 0.330 e. The summed E-state index contributed by atoms with van der Waals surface area (Å²) >= 11 is 8.82. The van der Waals surface area contributed by atoms with E-state index in [9.17, 15) is 19.8 Å². The van der Waals surface area contributed by atoms with Crippen molar-refractivity contribution in [2.45, 2.75) is 30.1 Å². The van der Waals surface area contributed by atoms with Crippen LogP contribution in [-0.2, 0) is 9.47 Å². The molecule has 0 spiro atoms. The second kappa shape index (κ2) is 6.32. The molecule has 0 aliphatic carbocycles. The fourth-order valence-corrected chi connectivity index (χ4v) is 2.55. The Morgan fingerprint density at radius 2 is 2.19 bits per heavy atom. The lowest BCUT2D eigenvalue weighted by Crippen LogP contribution is -2.38. The van der Waals surface area contributed by atoms with Gasteiger partial charge < -0.3 is 19.7 Å². The third-order valence-corrected chi connectivity index (χ3v) is 3.87. The molecule has 0 saturated carbocycles. The van der Waals surface area contributed by atoms with Crippen molar-refractivity contribution in [1.29, 1.82) is 0 Å². The summed E-state index contributed by atoms with van der Waals surface area (Å²) in [6.07, 6.45) is -2.89. The van der Waals surface area contributed by atoms with E-state index in [4.69, 9.17) is 21.1 Å². The standard InChI is InChI=1S/C11H12BrClN2O6/c1-2-20-8(13)7-5(16)6(17)10(21-7)15-3-4(12)9(18)14-11(15)19/h2-3,5-8,10,16-17H,1H2,(H,14,18,19)/t5-,6+,7-,8?,10+/m0/s1. The van der Waals surface area contributed by atoms with Gasteiger partial charge in [-0.05, 0) is 15.9 Å². The molecule has 2 rings (SSSR count). The van der Waals surface area contributed by atoms with Crippen LogP contribution in [0, 0.1) is 0 Å². The molecule has 1 fully saturated rings. The Morgan fingerprint density at radius 1 is 1.52 bits per heavy atom. The van der Waals surface area contributed by atoms with Crippen LogP contribution in [0.5, 0.6) is 0 Å². The Hall–Kier alpha value is -1.13. The van der Waals surface area contributed by atoms with E-state index < -0.39 is 41.4 Å². The van der Waals surface area contributed by atoms with Crippen LogP contribution in [0.15, 0.2) is 33.1 Å². The first-order chi connectivity index (χ1) is 9.86. The molecule has 1 aliphatic rings. The van der Waals surface area contributed by atoms with E-state index in [-0.39, 0.29) is 4.47 Å². The minimum atomic E-state index is -1.43. The maximum atomic E-state index is 11.8. The Bertz CT molecular complexity index is 646. The van der Waals surface area contributed by atoms with Gasteiger partial charge in [-0.3, -0.25) is 14.3 Å². The van der Waals surface area contributed by atoms with Gasteiger partial charge in [0.25, 0.3) is 5.56 Å². The summed E-state index contributed by atoms with van der Waals surface area (Å²) in [5.74, 6) is 0. The lowest BCUT2D eigenvalue weighted by molar-refractivity contribution is -0.0671. The minimum absolute atomic E-state index is 0.0700. The molecular formula is C11H12BrClN2O6. The molecule has 2 heterocycles. The topological polar surface area (TPSA) is 114 Å². The molecule has 5 atom stereocenters. The Kier molecular flexibility index (Phi) is 4.89. The average molecular weight is 384 g/mol. The molecule has 8 nitrogen and oxygen atoms in total. The van der Waals surface area contributed by atoms with Crippen LogP contribution in [0.25, 0.3) is 0 Å². The maximum absolute atomic E-state index is 11.8. The number of H-pyrrole nitrogens is 1. The number of halogens is 2. The monoisotopic (exact) mass is 382 g/mol. The van der Waals surface area contributed by atoms with Crippen molar-refractivity contribution in [1.82, 2.24) is 9.55 Å². The predicted molar refractivity (Wildman–Crippen MR) is 75.9 cm³/mol. The van der Waals surface area contributed by atoms with E-state index in [2.05, 4.69) is 22.5 Å². The van der Waals surface area contributed by atoms with E-state index in [0.29, 0.717) is 0 Å². The Morgan fingerprint density at radius 3 is 2.81 bits per heavy atom. The SMILES string of the molecule is C=COC(Cl)[C@H]1O[C@@H](n2cc(Br)c(=O)[nH]c2=O)[C@H](O)[C@@H]1O. The summed E-state index contributed by atoms with van der Waals surface area (Å²) in [6.45, 7) is 3.32. The van der Waals surface area contributed by atoms with Crippen LogP contribution in [0.4, 0.5) is 0 Å². The van der Waals surface area contributed by atoms with Crippen molar-refractivity contribution in [2.75, 3.05) is 0 Å². The van der Waals surface area contributed by atoms with Crippen molar-refractivity contribution in [3.63, 3.8) is 0 Å². The lowest BCUT2D eigenvalue weighted by atomic mass is 10.1. The van der Waals surface area contributed by atoms with E-state index in [1.54, 1.807) is 0 Å². The molecule has 1 aliphatic heterocycles. The summed E-state index contributed by atoms with van der Waals surface area (Å²) in [5.41, 5.74) is -2.51. The van der Waals surface area contributed by atoms with Gasteiger partial charge in [0, 0.05) is 6.20 Å². The van der Waals surface area contributed by atoms with Crippen molar-refractivity contribution >= 4 is 27.5 Å². The summed E-state index contributed by atoms with van der Waals surface area (Å²) in [5, 5.41) is 19.9. The van der Waals surface area contributed by atoms with Crippen molar-refractivity contribution in [2.24, 2.45) is 0 Å². The molecule has 0 bridgehead atoms. The first-order valence-electron chi connectivity index (χ1n) is 5.79. The number of ether oxygens (including phenoxy) is 2. The van der Waals surface area contributed by atoms with Gasteiger partial charge in [0.15, 0.2) is 11.8 Å². The van der Waals surface area contributed by atoms with Crippen molar-refractivity contribution < 1.29 is 19.7 Å². The van der Waals surface area contributed by atoms with Gasteiger partial charge >= 0.3 is 5.69 Å². The van der Waals surface area contributed by atoms with Gasteiger partial charge in [0.1, 0.15) is 18.3 Å². The molecular weight excluding hydrogens is 371 g/mol. The normalized spacial score (nSPS) is 30.1. The number of rotatable bonds is 4. The number of hydrogen-bond donors (Lipinski definition) is 3. The number of alkyl halides is 1. The molecule has 0 amide bonds. The lowest BCUT2D eigenvalue weighted by Gasteiger charge is -2.19. The Balaban J connectivity index is 2.34. The van der Waals surface area contributed by atoms with Gasteiger partial charge in [0.05, 0.1) is 10.7 Å². The average Bonchev–Trinajstić information content (AvgIpc) is 2.71. The highest BCUT2D eigenvalue weighted by atomic mass is 79.9. The van der Waals surface area contributed by atoms with Crippen LogP contribution in [0.2, 0.25) is 0 Å².